The second-order valence-corrected chi connectivity index (χ2v) is 7.88. The van der Waals surface area contributed by atoms with Crippen molar-refractivity contribution in [2.75, 3.05) is 19.1 Å². The van der Waals surface area contributed by atoms with E-state index >= 15 is 0 Å². The van der Waals surface area contributed by atoms with E-state index in [4.69, 9.17) is 16.3 Å². The fourth-order valence-corrected chi connectivity index (χ4v) is 3.08. The van der Waals surface area contributed by atoms with Gasteiger partial charge in [-0.2, -0.15) is 0 Å². The Morgan fingerprint density at radius 2 is 1.64 bits per heavy atom. The zero-order valence-corrected chi connectivity index (χ0v) is 19.7. The van der Waals surface area contributed by atoms with Crippen LogP contribution in [0.1, 0.15) is 31.4 Å². The summed E-state index contributed by atoms with van der Waals surface area (Å²) >= 11 is 5.88. The van der Waals surface area contributed by atoms with Crippen molar-refractivity contribution in [2.45, 2.75) is 33.2 Å². The average Bonchev–Trinajstić information content (AvgIpc) is 2.82. The van der Waals surface area contributed by atoms with Gasteiger partial charge in [0.1, 0.15) is 0 Å². The van der Waals surface area contributed by atoms with E-state index in [2.05, 4.69) is 28.6 Å². The lowest BCUT2D eigenvalue weighted by Gasteiger charge is -2.24. The van der Waals surface area contributed by atoms with Crippen molar-refractivity contribution in [1.29, 1.82) is 0 Å². The second kappa shape index (κ2) is 13.3. The van der Waals surface area contributed by atoms with Crippen LogP contribution in [-0.4, -0.2) is 36.6 Å². The van der Waals surface area contributed by atoms with Crippen molar-refractivity contribution in [3.8, 4) is 0 Å². The van der Waals surface area contributed by atoms with Crippen molar-refractivity contribution >= 4 is 35.3 Å². The van der Waals surface area contributed by atoms with Crippen LogP contribution in [0.2, 0.25) is 5.02 Å². The molecule has 4 amide bonds. The molecule has 178 valence electrons. The van der Waals surface area contributed by atoms with E-state index in [-0.39, 0.29) is 13.1 Å². The standard InChI is InChI=1S/C23H30ClN5O4/c1-4-5-17-8-12-20(13-9-17)26-28-27-23(32)29(15-16(2)21(30)33-3)22(31)25-14-18-6-10-19(24)11-7-18/h6-13,16,26,28H,4-5,14-15H2,1-3H3,(H,25,31)(H,27,32)/t16-/m0/s1. The van der Waals surface area contributed by atoms with Gasteiger partial charge in [0.15, 0.2) is 0 Å². The molecular formula is C23H30ClN5O4. The Morgan fingerprint density at radius 3 is 2.24 bits per heavy atom. The fourth-order valence-electron chi connectivity index (χ4n) is 2.95. The minimum Gasteiger partial charge on any atom is -0.469 e. The molecule has 0 aliphatic carbocycles. The Labute approximate surface area is 198 Å². The summed E-state index contributed by atoms with van der Waals surface area (Å²) in [7, 11) is 1.25. The molecule has 2 rings (SSSR count). The van der Waals surface area contributed by atoms with Crippen molar-refractivity contribution < 1.29 is 19.1 Å². The molecule has 0 unspecified atom stereocenters. The van der Waals surface area contributed by atoms with E-state index in [0.717, 1.165) is 29.0 Å². The maximum atomic E-state index is 12.7. The summed E-state index contributed by atoms with van der Waals surface area (Å²) in [5.41, 5.74) is 10.6. The average molecular weight is 476 g/mol. The molecule has 0 aliphatic rings. The fraction of sp³-hybridized carbons (Fsp3) is 0.348. The van der Waals surface area contributed by atoms with Gasteiger partial charge < -0.3 is 15.5 Å². The smallest absolute Gasteiger partial charge is 0.341 e. The minimum atomic E-state index is -0.741. The van der Waals surface area contributed by atoms with Crippen LogP contribution in [0.25, 0.3) is 0 Å². The van der Waals surface area contributed by atoms with Crippen molar-refractivity contribution in [2.24, 2.45) is 5.92 Å². The van der Waals surface area contributed by atoms with Gasteiger partial charge in [0.2, 0.25) is 0 Å². The number of nitrogens with zero attached hydrogens (tertiary/aromatic N) is 1. The van der Waals surface area contributed by atoms with Crippen LogP contribution >= 0.6 is 11.6 Å². The van der Waals surface area contributed by atoms with E-state index in [0.29, 0.717) is 5.02 Å². The lowest BCUT2D eigenvalue weighted by molar-refractivity contribution is -0.144. The maximum Gasteiger partial charge on any atom is 0.341 e. The first-order chi connectivity index (χ1) is 15.8. The monoisotopic (exact) mass is 475 g/mol. The summed E-state index contributed by atoms with van der Waals surface area (Å²) in [6.07, 6.45) is 2.05. The summed E-state index contributed by atoms with van der Waals surface area (Å²) in [4.78, 5) is 38.2. The van der Waals surface area contributed by atoms with Crippen LogP contribution in [0, 0.1) is 5.92 Å². The molecule has 1 atom stereocenters. The topological polar surface area (TPSA) is 112 Å². The van der Waals surface area contributed by atoms with Crippen molar-refractivity contribution in [3.63, 3.8) is 0 Å². The van der Waals surface area contributed by atoms with Gasteiger partial charge in [-0.3, -0.25) is 10.2 Å². The molecule has 0 saturated carbocycles. The van der Waals surface area contributed by atoms with Crippen LogP contribution in [-0.2, 0) is 22.5 Å². The molecule has 9 nitrogen and oxygen atoms in total. The summed E-state index contributed by atoms with van der Waals surface area (Å²) in [5.74, 6) is -1.24. The third-order valence-corrected chi connectivity index (χ3v) is 5.03. The number of ether oxygens (including phenoxy) is 1. The molecule has 0 aliphatic heterocycles. The van der Waals surface area contributed by atoms with E-state index in [9.17, 15) is 14.4 Å². The van der Waals surface area contributed by atoms with Gasteiger partial charge in [-0.05, 0) is 41.8 Å². The summed E-state index contributed by atoms with van der Waals surface area (Å²) in [5, 5.41) is 3.25. The number of hydrazine groups is 2. The Hall–Kier alpha value is -3.30. The number of rotatable bonds is 10. The summed E-state index contributed by atoms with van der Waals surface area (Å²) in [6.45, 7) is 3.70. The first-order valence-corrected chi connectivity index (χ1v) is 11.0. The zero-order valence-electron chi connectivity index (χ0n) is 19.0. The molecule has 33 heavy (non-hydrogen) atoms. The molecule has 0 spiro atoms. The number of anilines is 1. The highest BCUT2D eigenvalue weighted by Gasteiger charge is 2.26. The number of carbonyl (C=O) groups excluding carboxylic acids is 3. The SMILES string of the molecule is CCCc1ccc(NNNC(=O)N(C[C@H](C)C(=O)OC)C(=O)NCc2ccc(Cl)cc2)cc1. The maximum absolute atomic E-state index is 12.7. The normalized spacial score (nSPS) is 11.3. The number of imide groups is 1. The van der Waals surface area contributed by atoms with Gasteiger partial charge in [0, 0.05) is 18.1 Å². The molecule has 2 aromatic carbocycles. The first-order valence-electron chi connectivity index (χ1n) is 10.6. The third kappa shape index (κ3) is 8.63. The van der Waals surface area contributed by atoms with E-state index < -0.39 is 23.9 Å². The number of halogens is 1. The minimum absolute atomic E-state index is 0.168. The van der Waals surface area contributed by atoms with Crippen molar-refractivity contribution in [1.82, 2.24) is 21.2 Å². The lowest BCUT2D eigenvalue weighted by atomic mass is 10.1. The Kier molecular flexibility index (Phi) is 10.5. The highest BCUT2D eigenvalue weighted by atomic mass is 35.5. The van der Waals surface area contributed by atoms with E-state index in [1.165, 1.54) is 12.7 Å². The number of methoxy groups -OCH3 is 1. The van der Waals surface area contributed by atoms with E-state index in [1.54, 1.807) is 31.2 Å². The summed E-state index contributed by atoms with van der Waals surface area (Å²) in [6, 6.07) is 13.3. The zero-order chi connectivity index (χ0) is 24.2. The first kappa shape index (κ1) is 26.0. The van der Waals surface area contributed by atoms with Gasteiger partial charge in [-0.1, -0.05) is 56.1 Å². The molecule has 0 radical (unpaired) electrons. The highest BCUT2D eigenvalue weighted by molar-refractivity contribution is 6.30. The number of carbonyl (C=O) groups is 3. The number of aryl methyl sites for hydroxylation is 1. The Balaban J connectivity index is 1.96. The molecule has 0 saturated heterocycles. The summed E-state index contributed by atoms with van der Waals surface area (Å²) < 4.78 is 4.71. The van der Waals surface area contributed by atoms with Crippen LogP contribution in [0.15, 0.2) is 48.5 Å². The quantitative estimate of drug-likeness (QED) is 0.307. The molecule has 2 aromatic rings. The number of benzene rings is 2. The van der Waals surface area contributed by atoms with Crippen LogP contribution < -0.4 is 21.7 Å². The Bertz CT molecular complexity index is 921. The molecular weight excluding hydrogens is 446 g/mol. The largest absolute Gasteiger partial charge is 0.469 e. The molecule has 0 aromatic heterocycles. The van der Waals surface area contributed by atoms with E-state index in [1.807, 2.05) is 24.3 Å². The number of urea groups is 2. The molecule has 0 fully saturated rings. The lowest BCUT2D eigenvalue weighted by Crippen LogP contribution is -2.54. The molecule has 0 heterocycles. The third-order valence-electron chi connectivity index (χ3n) is 4.78. The number of hydrogen-bond donors (Lipinski definition) is 4. The van der Waals surface area contributed by atoms with Crippen LogP contribution in [0.5, 0.6) is 0 Å². The predicted molar refractivity (Wildman–Crippen MR) is 127 cm³/mol. The number of hydrogen-bond acceptors (Lipinski definition) is 6. The number of nitrogens with one attached hydrogen (secondary N) is 4. The molecule has 0 bridgehead atoms. The number of amides is 4. The molecule has 4 N–H and O–H groups in total. The van der Waals surface area contributed by atoms with Crippen molar-refractivity contribution in [3.05, 3.63) is 64.7 Å². The van der Waals surface area contributed by atoms with Gasteiger partial charge in [-0.25, -0.2) is 14.5 Å². The predicted octanol–water partition coefficient (Wildman–Crippen LogP) is 3.85. The van der Waals surface area contributed by atoms with Crippen LogP contribution in [0.3, 0.4) is 0 Å². The number of esters is 1. The highest BCUT2D eigenvalue weighted by Crippen LogP contribution is 2.11. The van der Waals surface area contributed by atoms with Crippen LogP contribution in [0.4, 0.5) is 15.3 Å². The van der Waals surface area contributed by atoms with Gasteiger partial charge in [0.05, 0.1) is 18.7 Å². The molecule has 10 heteroatoms. The second-order valence-electron chi connectivity index (χ2n) is 7.45. The van der Waals surface area contributed by atoms with Gasteiger partial charge >= 0.3 is 18.0 Å². The Morgan fingerprint density at radius 1 is 1.00 bits per heavy atom. The van der Waals surface area contributed by atoms with Gasteiger partial charge in [-0.15, -0.1) is 5.53 Å². The van der Waals surface area contributed by atoms with Gasteiger partial charge in [0.25, 0.3) is 0 Å².